The molecule has 2 heterocycles. The van der Waals surface area contributed by atoms with Gasteiger partial charge in [0.15, 0.2) is 0 Å². The number of likely N-dealkylation sites (tertiary alicyclic amines) is 1. The summed E-state index contributed by atoms with van der Waals surface area (Å²) in [5.41, 5.74) is 3.12. The third-order valence-electron chi connectivity index (χ3n) is 5.74. The number of nitrogens with zero attached hydrogens (tertiary/aromatic N) is 2. The molecule has 0 bridgehead atoms. The van der Waals surface area contributed by atoms with Crippen LogP contribution >= 0.6 is 11.3 Å². The highest BCUT2D eigenvalue weighted by Crippen LogP contribution is 2.26. The lowest BCUT2D eigenvalue weighted by Crippen LogP contribution is -2.41. The molecule has 1 aliphatic rings. The monoisotopic (exact) mass is 435 g/mol. The number of methoxy groups -OCH3 is 1. The second kappa shape index (κ2) is 10.6. The molecule has 4 rings (SSSR count). The van der Waals surface area contributed by atoms with Gasteiger partial charge in [-0.05, 0) is 43.6 Å². The first kappa shape index (κ1) is 21.5. The van der Waals surface area contributed by atoms with E-state index in [1.807, 2.05) is 47.8 Å². The van der Waals surface area contributed by atoms with Crippen LogP contribution in [0.2, 0.25) is 0 Å². The van der Waals surface area contributed by atoms with Crippen molar-refractivity contribution in [3.05, 3.63) is 71.2 Å². The van der Waals surface area contributed by atoms with Gasteiger partial charge in [0, 0.05) is 17.5 Å². The van der Waals surface area contributed by atoms with Gasteiger partial charge in [0.25, 0.3) is 0 Å². The van der Waals surface area contributed by atoms with E-state index in [1.165, 1.54) is 24.8 Å². The van der Waals surface area contributed by atoms with Gasteiger partial charge >= 0.3 is 0 Å². The van der Waals surface area contributed by atoms with Crippen molar-refractivity contribution in [1.82, 2.24) is 15.2 Å². The Kier molecular flexibility index (Phi) is 7.33. The van der Waals surface area contributed by atoms with Crippen molar-refractivity contribution in [3.63, 3.8) is 0 Å². The third-order valence-corrected chi connectivity index (χ3v) is 6.68. The van der Waals surface area contributed by atoms with Gasteiger partial charge in [-0.2, -0.15) is 0 Å². The first-order chi connectivity index (χ1) is 15.2. The zero-order valence-electron chi connectivity index (χ0n) is 17.9. The number of rotatable bonds is 8. The van der Waals surface area contributed by atoms with E-state index in [0.717, 1.165) is 35.1 Å². The van der Waals surface area contributed by atoms with E-state index in [1.54, 1.807) is 18.4 Å². The molecule has 162 valence electrons. The lowest BCUT2D eigenvalue weighted by molar-refractivity contribution is -0.120. The zero-order valence-corrected chi connectivity index (χ0v) is 18.7. The smallest absolute Gasteiger partial charge is 0.226 e. The Bertz CT molecular complexity index is 966. The molecule has 1 aromatic heterocycles. The average Bonchev–Trinajstić information content (AvgIpc) is 3.29. The molecule has 0 aliphatic carbocycles. The second-order valence-corrected chi connectivity index (χ2v) is 8.73. The van der Waals surface area contributed by atoms with Crippen LogP contribution in [0, 0.1) is 0 Å². The molecule has 0 unspecified atom stereocenters. The fraction of sp³-hybridized carbons (Fsp3) is 0.360. The van der Waals surface area contributed by atoms with E-state index >= 15 is 0 Å². The maximum Gasteiger partial charge on any atom is 0.226 e. The Morgan fingerprint density at radius 1 is 1.10 bits per heavy atom. The largest absolute Gasteiger partial charge is 0.497 e. The van der Waals surface area contributed by atoms with Gasteiger partial charge in [0.2, 0.25) is 5.91 Å². The Morgan fingerprint density at radius 3 is 2.55 bits per heavy atom. The molecular weight excluding hydrogens is 406 g/mol. The number of aromatic nitrogens is 1. The first-order valence-corrected chi connectivity index (χ1v) is 11.8. The molecule has 31 heavy (non-hydrogen) atoms. The van der Waals surface area contributed by atoms with Crippen molar-refractivity contribution >= 4 is 17.2 Å². The maximum atomic E-state index is 12.7. The highest BCUT2D eigenvalue weighted by molar-refractivity contribution is 7.13. The summed E-state index contributed by atoms with van der Waals surface area (Å²) in [5, 5.41) is 6.09. The Labute approximate surface area is 188 Å². The highest BCUT2D eigenvalue weighted by atomic mass is 32.1. The lowest BCUT2D eigenvalue weighted by Gasteiger charge is -2.35. The number of hydrogen-bond acceptors (Lipinski definition) is 5. The predicted molar refractivity (Wildman–Crippen MR) is 125 cm³/mol. The number of benzene rings is 2. The number of piperidine rings is 1. The summed E-state index contributed by atoms with van der Waals surface area (Å²) in [6, 6.07) is 18.5. The van der Waals surface area contributed by atoms with Gasteiger partial charge in [-0.3, -0.25) is 9.69 Å². The molecule has 1 atom stereocenters. The number of nitrogens with one attached hydrogen (secondary N) is 1. The molecule has 1 fully saturated rings. The molecular formula is C25H29N3O2S. The van der Waals surface area contributed by atoms with Crippen LogP contribution in [0.1, 0.15) is 36.6 Å². The van der Waals surface area contributed by atoms with Gasteiger partial charge in [0.05, 0.1) is 25.3 Å². The van der Waals surface area contributed by atoms with Crippen LogP contribution in [0.4, 0.5) is 0 Å². The molecule has 6 heteroatoms. The fourth-order valence-electron chi connectivity index (χ4n) is 4.05. The number of thiazole rings is 1. The maximum absolute atomic E-state index is 12.7. The summed E-state index contributed by atoms with van der Waals surface area (Å²) in [7, 11) is 1.68. The van der Waals surface area contributed by atoms with E-state index in [-0.39, 0.29) is 11.9 Å². The molecule has 1 amide bonds. The van der Waals surface area contributed by atoms with Gasteiger partial charge in [-0.25, -0.2) is 4.98 Å². The minimum absolute atomic E-state index is 0.0143. The predicted octanol–water partition coefficient (Wildman–Crippen LogP) is 4.70. The lowest BCUT2D eigenvalue weighted by atomic mass is 10.0. The van der Waals surface area contributed by atoms with E-state index in [0.29, 0.717) is 13.0 Å². The Hall–Kier alpha value is -2.70. The van der Waals surface area contributed by atoms with Crippen LogP contribution < -0.4 is 10.1 Å². The summed E-state index contributed by atoms with van der Waals surface area (Å²) >= 11 is 1.58. The number of carbonyl (C=O) groups excluding carboxylic acids is 1. The van der Waals surface area contributed by atoms with Crippen LogP contribution in [0.3, 0.4) is 0 Å². The molecule has 0 radical (unpaired) electrons. The van der Waals surface area contributed by atoms with Crippen LogP contribution in [0.25, 0.3) is 10.6 Å². The molecule has 0 spiro atoms. The summed E-state index contributed by atoms with van der Waals surface area (Å²) in [5.74, 6) is 0.864. The number of amides is 1. The normalized spacial score (nSPS) is 15.4. The minimum Gasteiger partial charge on any atom is -0.497 e. The third kappa shape index (κ3) is 5.71. The van der Waals surface area contributed by atoms with Crippen LogP contribution in [-0.4, -0.2) is 42.5 Å². The Balaban J connectivity index is 1.39. The molecule has 3 aromatic rings. The molecule has 1 N–H and O–H groups in total. The van der Waals surface area contributed by atoms with Crippen molar-refractivity contribution in [2.45, 2.75) is 31.7 Å². The van der Waals surface area contributed by atoms with Crippen molar-refractivity contribution in [2.24, 2.45) is 0 Å². The highest BCUT2D eigenvalue weighted by Gasteiger charge is 2.23. The molecule has 2 aromatic carbocycles. The van der Waals surface area contributed by atoms with Gasteiger partial charge in [-0.15, -0.1) is 11.3 Å². The van der Waals surface area contributed by atoms with E-state index < -0.39 is 0 Å². The van der Waals surface area contributed by atoms with E-state index in [9.17, 15) is 4.79 Å². The average molecular weight is 436 g/mol. The fourth-order valence-corrected chi connectivity index (χ4v) is 4.88. The number of hydrogen-bond donors (Lipinski definition) is 1. The van der Waals surface area contributed by atoms with Gasteiger partial charge in [-0.1, -0.05) is 48.9 Å². The summed E-state index contributed by atoms with van der Waals surface area (Å²) < 4.78 is 5.30. The van der Waals surface area contributed by atoms with Crippen molar-refractivity contribution in [2.75, 3.05) is 26.7 Å². The SMILES string of the molecule is COc1ccc([C@H](CNC(=O)Cc2csc(-c3ccccc3)n2)N2CCCCC2)cc1. The molecule has 0 saturated carbocycles. The zero-order chi connectivity index (χ0) is 21.5. The number of ether oxygens (including phenoxy) is 1. The van der Waals surface area contributed by atoms with E-state index in [4.69, 9.17) is 4.74 Å². The van der Waals surface area contributed by atoms with Crippen LogP contribution in [0.15, 0.2) is 60.0 Å². The van der Waals surface area contributed by atoms with Gasteiger partial charge < -0.3 is 10.1 Å². The quantitative estimate of drug-likeness (QED) is 0.557. The topological polar surface area (TPSA) is 54.5 Å². The van der Waals surface area contributed by atoms with Crippen LogP contribution in [0.5, 0.6) is 5.75 Å². The van der Waals surface area contributed by atoms with Crippen molar-refractivity contribution < 1.29 is 9.53 Å². The van der Waals surface area contributed by atoms with E-state index in [2.05, 4.69) is 27.3 Å². The second-order valence-electron chi connectivity index (χ2n) is 7.88. The Morgan fingerprint density at radius 2 is 1.84 bits per heavy atom. The number of carbonyl (C=O) groups is 1. The standard InChI is InChI=1S/C25H29N3O2S/c1-30-22-12-10-19(11-13-22)23(28-14-6-3-7-15-28)17-26-24(29)16-21-18-31-25(27-21)20-8-4-2-5-9-20/h2,4-5,8-13,18,23H,3,6-7,14-17H2,1H3,(H,26,29)/t23-/m0/s1. The summed E-state index contributed by atoms with van der Waals surface area (Å²) in [6.07, 6.45) is 4.01. The summed E-state index contributed by atoms with van der Waals surface area (Å²) in [4.78, 5) is 19.8. The molecule has 5 nitrogen and oxygen atoms in total. The first-order valence-electron chi connectivity index (χ1n) is 10.9. The minimum atomic E-state index is 0.0143. The molecule has 1 saturated heterocycles. The van der Waals surface area contributed by atoms with Crippen molar-refractivity contribution in [1.29, 1.82) is 0 Å². The van der Waals surface area contributed by atoms with Gasteiger partial charge in [0.1, 0.15) is 10.8 Å². The summed E-state index contributed by atoms with van der Waals surface area (Å²) in [6.45, 7) is 2.74. The molecule has 1 aliphatic heterocycles. The van der Waals surface area contributed by atoms with Crippen LogP contribution in [-0.2, 0) is 11.2 Å². The van der Waals surface area contributed by atoms with Crippen molar-refractivity contribution in [3.8, 4) is 16.3 Å².